The first-order valence-corrected chi connectivity index (χ1v) is 7.30. The summed E-state index contributed by atoms with van der Waals surface area (Å²) < 4.78 is 10.3. The molecule has 19 heavy (non-hydrogen) atoms. The molecule has 0 aromatic carbocycles. The Morgan fingerprint density at radius 2 is 2.11 bits per heavy atom. The van der Waals surface area contributed by atoms with Gasteiger partial charge in [0.25, 0.3) is 0 Å². The molecule has 0 aliphatic carbocycles. The maximum absolute atomic E-state index is 5.64. The van der Waals surface area contributed by atoms with Gasteiger partial charge in [-0.2, -0.15) is 4.98 Å². The Morgan fingerprint density at radius 1 is 1.26 bits per heavy atom. The van der Waals surface area contributed by atoms with E-state index in [0.29, 0.717) is 5.92 Å². The van der Waals surface area contributed by atoms with Gasteiger partial charge in [0, 0.05) is 26.6 Å². The second-order valence-corrected chi connectivity index (χ2v) is 4.97. The Bertz CT molecular complexity index is 322. The zero-order valence-corrected chi connectivity index (χ0v) is 12.2. The van der Waals surface area contributed by atoms with Crippen LogP contribution in [0.4, 0.5) is 0 Å². The number of nitrogens with zero attached hydrogens (tertiary/aromatic N) is 2. The van der Waals surface area contributed by atoms with Gasteiger partial charge in [0.15, 0.2) is 5.82 Å². The molecular weight excluding hydrogens is 242 g/mol. The van der Waals surface area contributed by atoms with E-state index in [1.165, 1.54) is 12.8 Å². The van der Waals surface area contributed by atoms with E-state index in [-0.39, 0.29) is 0 Å². The lowest BCUT2D eigenvalue weighted by molar-refractivity contribution is 0.194. The third-order valence-electron chi connectivity index (χ3n) is 3.30. The minimum atomic E-state index is 0.679. The van der Waals surface area contributed by atoms with Crippen molar-refractivity contribution in [1.82, 2.24) is 10.1 Å². The van der Waals surface area contributed by atoms with Gasteiger partial charge in [-0.1, -0.05) is 24.9 Å². The van der Waals surface area contributed by atoms with E-state index in [0.717, 1.165) is 57.0 Å². The van der Waals surface area contributed by atoms with Crippen LogP contribution in [0.5, 0.6) is 0 Å². The molecule has 0 aliphatic heterocycles. The molecule has 0 spiro atoms. The molecular formula is C14H27N3O2. The first kappa shape index (κ1) is 16.1. The smallest absolute Gasteiger partial charge is 0.226 e. The summed E-state index contributed by atoms with van der Waals surface area (Å²) >= 11 is 0. The average molecular weight is 269 g/mol. The number of aromatic nitrogens is 2. The highest BCUT2D eigenvalue weighted by Crippen LogP contribution is 2.17. The summed E-state index contributed by atoms with van der Waals surface area (Å²) in [5, 5.41) is 3.99. The lowest BCUT2D eigenvalue weighted by Gasteiger charge is -2.13. The summed E-state index contributed by atoms with van der Waals surface area (Å²) in [4.78, 5) is 4.41. The van der Waals surface area contributed by atoms with Crippen LogP contribution in [0.15, 0.2) is 4.52 Å². The van der Waals surface area contributed by atoms with Gasteiger partial charge >= 0.3 is 0 Å². The van der Waals surface area contributed by atoms with Gasteiger partial charge in [-0.3, -0.25) is 0 Å². The molecule has 0 saturated carbocycles. The van der Waals surface area contributed by atoms with Crippen molar-refractivity contribution in [3.8, 4) is 0 Å². The Morgan fingerprint density at radius 3 is 2.79 bits per heavy atom. The van der Waals surface area contributed by atoms with E-state index in [9.17, 15) is 0 Å². The summed E-state index contributed by atoms with van der Waals surface area (Å²) in [6.07, 6.45) is 7.22. The maximum Gasteiger partial charge on any atom is 0.226 e. The molecule has 1 rings (SSSR count). The van der Waals surface area contributed by atoms with E-state index in [4.69, 9.17) is 15.0 Å². The Balaban J connectivity index is 2.31. The van der Waals surface area contributed by atoms with Crippen molar-refractivity contribution in [1.29, 1.82) is 0 Å². The van der Waals surface area contributed by atoms with E-state index in [1.54, 1.807) is 7.11 Å². The van der Waals surface area contributed by atoms with Crippen molar-refractivity contribution < 1.29 is 9.26 Å². The lowest BCUT2D eigenvalue weighted by Crippen LogP contribution is -2.09. The van der Waals surface area contributed by atoms with E-state index in [1.807, 2.05) is 0 Å². The third-order valence-corrected chi connectivity index (χ3v) is 3.30. The average Bonchev–Trinajstić information content (AvgIpc) is 2.85. The lowest BCUT2D eigenvalue weighted by atomic mass is 9.94. The quantitative estimate of drug-likeness (QED) is 0.624. The summed E-state index contributed by atoms with van der Waals surface area (Å²) in [6.45, 7) is 3.71. The monoisotopic (exact) mass is 269 g/mol. The Kier molecular flexibility index (Phi) is 8.41. The molecule has 0 radical (unpaired) electrons. The van der Waals surface area contributed by atoms with Gasteiger partial charge < -0.3 is 15.0 Å². The highest BCUT2D eigenvalue weighted by Gasteiger charge is 2.11. The van der Waals surface area contributed by atoms with Crippen LogP contribution in [0.2, 0.25) is 0 Å². The van der Waals surface area contributed by atoms with Crippen molar-refractivity contribution >= 4 is 0 Å². The van der Waals surface area contributed by atoms with Crippen LogP contribution in [0.3, 0.4) is 0 Å². The van der Waals surface area contributed by atoms with Crippen LogP contribution in [-0.4, -0.2) is 30.4 Å². The second-order valence-electron chi connectivity index (χ2n) is 4.97. The van der Waals surface area contributed by atoms with Crippen LogP contribution in [0, 0.1) is 5.92 Å². The maximum atomic E-state index is 5.64. The van der Waals surface area contributed by atoms with Gasteiger partial charge in [0.1, 0.15) is 0 Å². The normalized spacial score (nSPS) is 12.8. The van der Waals surface area contributed by atoms with Crippen LogP contribution >= 0.6 is 0 Å². The fraction of sp³-hybridized carbons (Fsp3) is 0.857. The predicted octanol–water partition coefficient (Wildman–Crippen LogP) is 2.35. The van der Waals surface area contributed by atoms with Crippen LogP contribution in [0.1, 0.15) is 50.7 Å². The first-order chi connectivity index (χ1) is 9.30. The van der Waals surface area contributed by atoms with Crippen molar-refractivity contribution in [2.75, 3.05) is 20.3 Å². The standard InChI is InChI=1S/C14H27N3O2/c1-3-5-12(9-10-15)7-8-14-16-13(17-19-14)6-4-11-18-2/h12H,3-11,15H2,1-2H3. The van der Waals surface area contributed by atoms with Gasteiger partial charge in [0.05, 0.1) is 0 Å². The summed E-state index contributed by atoms with van der Waals surface area (Å²) in [5.41, 5.74) is 5.64. The van der Waals surface area contributed by atoms with Crippen molar-refractivity contribution in [3.05, 3.63) is 11.7 Å². The van der Waals surface area contributed by atoms with Gasteiger partial charge in [-0.25, -0.2) is 0 Å². The summed E-state index contributed by atoms with van der Waals surface area (Å²) in [7, 11) is 1.70. The Labute approximate surface area is 115 Å². The van der Waals surface area contributed by atoms with E-state index < -0.39 is 0 Å². The number of nitrogens with two attached hydrogens (primary N) is 1. The molecule has 0 saturated heterocycles. The first-order valence-electron chi connectivity index (χ1n) is 7.30. The topological polar surface area (TPSA) is 74.2 Å². The SMILES string of the molecule is CCCC(CCN)CCc1nc(CCCOC)no1. The number of rotatable bonds is 11. The molecule has 1 aromatic heterocycles. The molecule has 0 aliphatic rings. The molecule has 1 aromatic rings. The number of ether oxygens (including phenoxy) is 1. The number of aryl methyl sites for hydroxylation is 2. The van der Waals surface area contributed by atoms with Gasteiger partial charge in [0.2, 0.25) is 5.89 Å². The number of methoxy groups -OCH3 is 1. The zero-order valence-electron chi connectivity index (χ0n) is 12.2. The van der Waals surface area contributed by atoms with E-state index >= 15 is 0 Å². The van der Waals surface area contributed by atoms with Gasteiger partial charge in [-0.15, -0.1) is 0 Å². The molecule has 5 nitrogen and oxygen atoms in total. The number of hydrogen-bond acceptors (Lipinski definition) is 5. The number of hydrogen-bond donors (Lipinski definition) is 1. The minimum Gasteiger partial charge on any atom is -0.385 e. The molecule has 2 N–H and O–H groups in total. The highest BCUT2D eigenvalue weighted by atomic mass is 16.5. The van der Waals surface area contributed by atoms with Crippen molar-refractivity contribution in [2.24, 2.45) is 11.7 Å². The second kappa shape index (κ2) is 9.92. The molecule has 1 heterocycles. The summed E-state index contributed by atoms with van der Waals surface area (Å²) in [6, 6.07) is 0. The fourth-order valence-electron chi connectivity index (χ4n) is 2.27. The highest BCUT2D eigenvalue weighted by molar-refractivity contribution is 4.87. The largest absolute Gasteiger partial charge is 0.385 e. The Hall–Kier alpha value is -0.940. The molecule has 0 amide bonds. The molecule has 5 heteroatoms. The summed E-state index contributed by atoms with van der Waals surface area (Å²) in [5.74, 6) is 2.22. The molecule has 110 valence electrons. The zero-order chi connectivity index (χ0) is 13.9. The van der Waals surface area contributed by atoms with Crippen LogP contribution in [-0.2, 0) is 17.6 Å². The third kappa shape index (κ3) is 6.68. The molecule has 1 unspecified atom stereocenters. The van der Waals surface area contributed by atoms with Gasteiger partial charge in [-0.05, 0) is 31.7 Å². The van der Waals surface area contributed by atoms with Crippen LogP contribution < -0.4 is 5.73 Å². The van der Waals surface area contributed by atoms with Crippen LogP contribution in [0.25, 0.3) is 0 Å². The molecule has 0 bridgehead atoms. The van der Waals surface area contributed by atoms with Crippen molar-refractivity contribution in [2.45, 2.75) is 51.9 Å². The molecule has 0 fully saturated rings. The van der Waals surface area contributed by atoms with Crippen molar-refractivity contribution in [3.63, 3.8) is 0 Å². The van der Waals surface area contributed by atoms with E-state index in [2.05, 4.69) is 17.1 Å². The predicted molar refractivity (Wildman–Crippen MR) is 74.9 cm³/mol. The minimum absolute atomic E-state index is 0.679. The molecule has 1 atom stereocenters. The fourth-order valence-corrected chi connectivity index (χ4v) is 2.27.